The van der Waals surface area contributed by atoms with E-state index in [4.69, 9.17) is 5.14 Å². The van der Waals surface area contributed by atoms with Crippen molar-refractivity contribution in [1.82, 2.24) is 4.57 Å². The smallest absolute Gasteiger partial charge is 0.257 e. The number of carbonyl (C=O) groups is 1. The molecule has 128 valence electrons. The van der Waals surface area contributed by atoms with E-state index in [0.29, 0.717) is 22.9 Å². The summed E-state index contributed by atoms with van der Waals surface area (Å²) in [7, 11) is -3.56. The second-order valence-corrected chi connectivity index (χ2v) is 7.96. The second-order valence-electron chi connectivity index (χ2n) is 6.34. The van der Waals surface area contributed by atoms with Gasteiger partial charge in [0.2, 0.25) is 10.0 Å². The number of rotatable bonds is 5. The van der Waals surface area contributed by atoms with Crippen LogP contribution in [0.5, 0.6) is 0 Å². The van der Waals surface area contributed by atoms with E-state index in [0.717, 1.165) is 11.4 Å². The molecule has 0 spiro atoms. The predicted octanol–water partition coefficient (Wildman–Crippen LogP) is 2.48. The van der Waals surface area contributed by atoms with Gasteiger partial charge in [-0.25, -0.2) is 13.6 Å². The highest BCUT2D eigenvalue weighted by Gasteiger charge is 2.28. The highest BCUT2D eigenvalue weighted by Crippen LogP contribution is 2.38. The summed E-state index contributed by atoms with van der Waals surface area (Å²) in [4.78, 5) is 12.5. The fourth-order valence-corrected chi connectivity index (χ4v) is 3.67. The maximum absolute atomic E-state index is 12.5. The number of nitrogens with two attached hydrogens (primary N) is 1. The number of aromatic nitrogens is 1. The van der Waals surface area contributed by atoms with Gasteiger partial charge in [-0.1, -0.05) is 12.1 Å². The molecule has 1 amide bonds. The van der Waals surface area contributed by atoms with E-state index in [1.165, 1.54) is 12.8 Å². The number of nitrogens with zero attached hydrogens (tertiary/aromatic N) is 1. The quantitative estimate of drug-likeness (QED) is 0.870. The SMILES string of the molecule is Cc1cc(C(=O)Nc2ccc(CS(N)(=O)=O)cc2)c(C)n1C1CC1. The number of anilines is 1. The van der Waals surface area contributed by atoms with Gasteiger partial charge in [0, 0.05) is 23.1 Å². The van der Waals surface area contributed by atoms with Crippen molar-refractivity contribution in [2.75, 3.05) is 5.32 Å². The Morgan fingerprint density at radius 1 is 1.25 bits per heavy atom. The number of benzene rings is 1. The van der Waals surface area contributed by atoms with Crippen LogP contribution in [0.2, 0.25) is 0 Å². The van der Waals surface area contributed by atoms with Gasteiger partial charge in [-0.2, -0.15) is 0 Å². The van der Waals surface area contributed by atoms with Crippen LogP contribution in [0.1, 0.15) is 46.2 Å². The van der Waals surface area contributed by atoms with Crippen LogP contribution in [0, 0.1) is 13.8 Å². The van der Waals surface area contributed by atoms with Crippen LogP contribution in [0.25, 0.3) is 0 Å². The molecule has 24 heavy (non-hydrogen) atoms. The van der Waals surface area contributed by atoms with Crippen molar-refractivity contribution in [2.45, 2.75) is 38.5 Å². The standard InChI is InChI=1S/C17H21N3O3S/c1-11-9-16(12(2)20(11)15-7-8-15)17(21)19-14-5-3-13(4-6-14)10-24(18,22)23/h3-6,9,15H,7-8,10H2,1-2H3,(H,19,21)(H2,18,22,23). The maximum atomic E-state index is 12.5. The van der Waals surface area contributed by atoms with Crippen LogP contribution in [0.15, 0.2) is 30.3 Å². The Hall–Kier alpha value is -2.12. The van der Waals surface area contributed by atoms with Gasteiger partial charge in [-0.3, -0.25) is 4.79 Å². The first-order valence-electron chi connectivity index (χ1n) is 7.84. The normalized spacial score (nSPS) is 14.6. The van der Waals surface area contributed by atoms with Gasteiger partial charge in [0.05, 0.1) is 11.3 Å². The summed E-state index contributed by atoms with van der Waals surface area (Å²) in [6.07, 6.45) is 2.34. The van der Waals surface area contributed by atoms with E-state index < -0.39 is 10.0 Å². The minimum absolute atomic E-state index is 0.158. The lowest BCUT2D eigenvalue weighted by molar-refractivity contribution is 0.102. The molecule has 3 N–H and O–H groups in total. The number of aryl methyl sites for hydroxylation is 1. The molecule has 0 radical (unpaired) electrons. The Morgan fingerprint density at radius 2 is 1.88 bits per heavy atom. The molecule has 0 bridgehead atoms. The third-order valence-electron chi connectivity index (χ3n) is 4.22. The number of primary sulfonamides is 1. The molecular formula is C17H21N3O3S. The molecule has 1 fully saturated rings. The van der Waals surface area contributed by atoms with Crippen molar-refractivity contribution in [1.29, 1.82) is 0 Å². The largest absolute Gasteiger partial charge is 0.345 e. The lowest BCUT2D eigenvalue weighted by Gasteiger charge is -2.09. The molecule has 2 aromatic rings. The molecule has 0 aliphatic heterocycles. The van der Waals surface area contributed by atoms with E-state index >= 15 is 0 Å². The highest BCUT2D eigenvalue weighted by atomic mass is 32.2. The zero-order valence-corrected chi connectivity index (χ0v) is 14.6. The summed E-state index contributed by atoms with van der Waals surface area (Å²) in [5.41, 5.74) is 3.96. The minimum Gasteiger partial charge on any atom is -0.345 e. The monoisotopic (exact) mass is 347 g/mol. The molecule has 0 atom stereocenters. The van der Waals surface area contributed by atoms with Crippen molar-refractivity contribution in [3.8, 4) is 0 Å². The fourth-order valence-electron chi connectivity index (χ4n) is 3.02. The topological polar surface area (TPSA) is 94.2 Å². The van der Waals surface area contributed by atoms with Crippen molar-refractivity contribution in [3.05, 3.63) is 52.8 Å². The average molecular weight is 347 g/mol. The van der Waals surface area contributed by atoms with Gasteiger partial charge >= 0.3 is 0 Å². The average Bonchev–Trinajstić information content (AvgIpc) is 3.25. The first-order chi connectivity index (χ1) is 11.2. The number of hydrogen-bond donors (Lipinski definition) is 2. The van der Waals surface area contributed by atoms with Gasteiger partial charge in [0.15, 0.2) is 0 Å². The zero-order chi connectivity index (χ0) is 17.5. The van der Waals surface area contributed by atoms with E-state index in [-0.39, 0.29) is 11.7 Å². The van der Waals surface area contributed by atoms with Crippen LogP contribution in [0.4, 0.5) is 5.69 Å². The molecule has 1 aliphatic carbocycles. The summed E-state index contributed by atoms with van der Waals surface area (Å²) < 4.78 is 24.4. The van der Waals surface area contributed by atoms with E-state index in [1.807, 2.05) is 19.9 Å². The summed E-state index contributed by atoms with van der Waals surface area (Å²) in [5.74, 6) is -0.377. The molecule has 1 aromatic heterocycles. The third kappa shape index (κ3) is 3.68. The predicted molar refractivity (Wildman–Crippen MR) is 93.4 cm³/mol. The number of sulfonamides is 1. The summed E-state index contributed by atoms with van der Waals surface area (Å²) in [6, 6.07) is 9.10. The molecule has 0 saturated heterocycles. The van der Waals surface area contributed by atoms with Crippen molar-refractivity contribution in [2.24, 2.45) is 5.14 Å². The first kappa shape index (κ1) is 16.7. The maximum Gasteiger partial charge on any atom is 0.257 e. The Labute approximate surface area is 141 Å². The Balaban J connectivity index is 1.74. The van der Waals surface area contributed by atoms with Crippen molar-refractivity contribution in [3.63, 3.8) is 0 Å². The zero-order valence-electron chi connectivity index (χ0n) is 13.7. The highest BCUT2D eigenvalue weighted by molar-refractivity contribution is 7.88. The molecule has 1 heterocycles. The van der Waals surface area contributed by atoms with E-state index in [9.17, 15) is 13.2 Å². The molecule has 1 saturated carbocycles. The van der Waals surface area contributed by atoms with Gasteiger partial charge in [0.1, 0.15) is 0 Å². The summed E-state index contributed by atoms with van der Waals surface area (Å²) >= 11 is 0. The lowest BCUT2D eigenvalue weighted by Crippen LogP contribution is -2.15. The van der Waals surface area contributed by atoms with Gasteiger partial charge in [-0.15, -0.1) is 0 Å². The third-order valence-corrected chi connectivity index (χ3v) is 4.96. The Bertz CT molecular complexity index is 879. The van der Waals surface area contributed by atoms with Crippen LogP contribution in [0.3, 0.4) is 0 Å². The first-order valence-corrected chi connectivity index (χ1v) is 9.55. The van der Waals surface area contributed by atoms with Crippen LogP contribution >= 0.6 is 0 Å². The van der Waals surface area contributed by atoms with Gasteiger partial charge < -0.3 is 9.88 Å². The van der Waals surface area contributed by atoms with Crippen molar-refractivity contribution < 1.29 is 13.2 Å². The molecule has 6 nitrogen and oxygen atoms in total. The molecule has 7 heteroatoms. The minimum atomic E-state index is -3.56. The molecule has 1 aromatic carbocycles. The van der Waals surface area contributed by atoms with Crippen LogP contribution in [-0.4, -0.2) is 18.9 Å². The number of carbonyl (C=O) groups excluding carboxylic acids is 1. The number of amides is 1. The Morgan fingerprint density at radius 3 is 2.42 bits per heavy atom. The van der Waals surface area contributed by atoms with Crippen molar-refractivity contribution >= 4 is 21.6 Å². The molecule has 3 rings (SSSR count). The van der Waals surface area contributed by atoms with Gasteiger partial charge in [0.25, 0.3) is 5.91 Å². The second kappa shape index (κ2) is 6.07. The van der Waals surface area contributed by atoms with E-state index in [1.54, 1.807) is 24.3 Å². The number of nitrogens with one attached hydrogen (secondary N) is 1. The summed E-state index contributed by atoms with van der Waals surface area (Å²) in [5, 5.41) is 7.88. The van der Waals surface area contributed by atoms with E-state index in [2.05, 4.69) is 9.88 Å². The van der Waals surface area contributed by atoms with Crippen LogP contribution < -0.4 is 10.5 Å². The summed E-state index contributed by atoms with van der Waals surface area (Å²) in [6.45, 7) is 3.99. The fraction of sp³-hybridized carbons (Fsp3) is 0.353. The molecule has 1 aliphatic rings. The lowest BCUT2D eigenvalue weighted by atomic mass is 10.2. The Kier molecular flexibility index (Phi) is 4.23. The van der Waals surface area contributed by atoms with Gasteiger partial charge in [-0.05, 0) is 50.5 Å². The van der Waals surface area contributed by atoms with Crippen LogP contribution in [-0.2, 0) is 15.8 Å². The number of hydrogen-bond acceptors (Lipinski definition) is 3. The molecule has 0 unspecified atom stereocenters. The molecular weight excluding hydrogens is 326 g/mol.